The number of rotatable bonds is 5. The number of pyridine rings is 1. The molecule has 0 unspecified atom stereocenters. The van der Waals surface area contributed by atoms with Crippen LogP contribution in [0.4, 0.5) is 0 Å². The van der Waals surface area contributed by atoms with Gasteiger partial charge in [-0.15, -0.1) is 5.10 Å². The van der Waals surface area contributed by atoms with Crippen molar-refractivity contribution in [2.24, 2.45) is 0 Å². The average Bonchev–Trinajstić information content (AvgIpc) is 2.77. The van der Waals surface area contributed by atoms with Gasteiger partial charge in [-0.3, -0.25) is 4.57 Å². The van der Waals surface area contributed by atoms with E-state index in [1.54, 1.807) is 12.1 Å². The molecule has 0 atom stereocenters. The third-order valence-electron chi connectivity index (χ3n) is 2.41. The third-order valence-corrected chi connectivity index (χ3v) is 3.42. The number of carboxylic acids is 1. The Morgan fingerprint density at radius 1 is 1.53 bits per heavy atom. The highest BCUT2D eigenvalue weighted by molar-refractivity contribution is 7.98. The fraction of sp³-hybridized carbons (Fsp3) is 0.273. The number of carbonyl (C=O) groups is 1. The lowest BCUT2D eigenvalue weighted by atomic mass is 10.3. The number of aromatic amines is 1. The standard InChI is InChI=1S/C11H12N4O3S/c1-2-15-10(18)13-14-11(15)19-6-7-4-3-5-8(12-7)9(16)17/h3-5H,2,6H2,1H3,(H,13,18)(H,16,17). The summed E-state index contributed by atoms with van der Waals surface area (Å²) in [6, 6.07) is 4.82. The molecular weight excluding hydrogens is 268 g/mol. The molecule has 0 aliphatic heterocycles. The van der Waals surface area contributed by atoms with E-state index in [0.717, 1.165) is 0 Å². The number of aromatic nitrogens is 4. The van der Waals surface area contributed by atoms with Crippen LogP contribution in [-0.2, 0) is 12.3 Å². The lowest BCUT2D eigenvalue weighted by molar-refractivity contribution is 0.0690. The molecule has 0 saturated heterocycles. The number of aromatic carboxylic acids is 1. The van der Waals surface area contributed by atoms with Gasteiger partial charge in [0.05, 0.1) is 5.69 Å². The Balaban J connectivity index is 2.12. The first-order valence-electron chi connectivity index (χ1n) is 5.59. The number of hydrogen-bond acceptors (Lipinski definition) is 5. The second-order valence-corrected chi connectivity index (χ2v) is 4.61. The molecule has 19 heavy (non-hydrogen) atoms. The summed E-state index contributed by atoms with van der Waals surface area (Å²) in [5.41, 5.74) is 0.383. The second-order valence-electron chi connectivity index (χ2n) is 3.66. The lowest BCUT2D eigenvalue weighted by Gasteiger charge is -2.02. The van der Waals surface area contributed by atoms with Crippen molar-refractivity contribution in [3.8, 4) is 0 Å². The van der Waals surface area contributed by atoms with E-state index in [9.17, 15) is 9.59 Å². The number of H-pyrrole nitrogens is 1. The summed E-state index contributed by atoms with van der Waals surface area (Å²) in [6.45, 7) is 2.38. The molecule has 0 spiro atoms. The molecule has 0 saturated carbocycles. The molecule has 100 valence electrons. The third kappa shape index (κ3) is 3.02. The summed E-state index contributed by atoms with van der Waals surface area (Å²) in [7, 11) is 0. The molecule has 2 aromatic rings. The van der Waals surface area contributed by atoms with Gasteiger partial charge in [0.15, 0.2) is 5.16 Å². The van der Waals surface area contributed by atoms with Crippen molar-refractivity contribution >= 4 is 17.7 Å². The molecule has 0 bridgehead atoms. The Morgan fingerprint density at radius 3 is 3.00 bits per heavy atom. The molecule has 0 aliphatic carbocycles. The molecule has 0 fully saturated rings. The number of nitrogens with one attached hydrogen (secondary N) is 1. The topological polar surface area (TPSA) is 101 Å². The van der Waals surface area contributed by atoms with Crippen molar-refractivity contribution in [1.29, 1.82) is 0 Å². The van der Waals surface area contributed by atoms with Crippen LogP contribution in [0.25, 0.3) is 0 Å². The highest BCUT2D eigenvalue weighted by atomic mass is 32.2. The van der Waals surface area contributed by atoms with Gasteiger partial charge >= 0.3 is 11.7 Å². The monoisotopic (exact) mass is 280 g/mol. The quantitative estimate of drug-likeness (QED) is 0.792. The Labute approximate surface area is 112 Å². The van der Waals surface area contributed by atoms with Crippen LogP contribution in [0.3, 0.4) is 0 Å². The summed E-state index contributed by atoms with van der Waals surface area (Å²) in [5, 5.41) is 15.7. The molecule has 2 aromatic heterocycles. The normalized spacial score (nSPS) is 10.6. The Morgan fingerprint density at radius 2 is 2.32 bits per heavy atom. The van der Waals surface area contributed by atoms with Gasteiger partial charge in [0.25, 0.3) is 0 Å². The zero-order valence-corrected chi connectivity index (χ0v) is 11.0. The van der Waals surface area contributed by atoms with E-state index in [-0.39, 0.29) is 11.4 Å². The maximum Gasteiger partial charge on any atom is 0.354 e. The second kappa shape index (κ2) is 5.70. The van der Waals surface area contributed by atoms with E-state index < -0.39 is 5.97 Å². The Bertz CT molecular complexity index is 649. The van der Waals surface area contributed by atoms with Gasteiger partial charge in [0, 0.05) is 12.3 Å². The van der Waals surface area contributed by atoms with Crippen molar-refractivity contribution in [2.45, 2.75) is 24.4 Å². The van der Waals surface area contributed by atoms with E-state index >= 15 is 0 Å². The predicted molar refractivity (Wildman–Crippen MR) is 69.3 cm³/mol. The summed E-state index contributed by atoms with van der Waals surface area (Å²) in [6.07, 6.45) is 0. The molecule has 8 heteroatoms. The fourth-order valence-corrected chi connectivity index (χ4v) is 2.43. The summed E-state index contributed by atoms with van der Waals surface area (Å²) < 4.78 is 1.51. The zero-order valence-electron chi connectivity index (χ0n) is 10.2. The smallest absolute Gasteiger partial charge is 0.354 e. The summed E-state index contributed by atoms with van der Waals surface area (Å²) >= 11 is 1.33. The van der Waals surface area contributed by atoms with Crippen LogP contribution in [0.5, 0.6) is 0 Å². The van der Waals surface area contributed by atoms with Crippen LogP contribution in [-0.4, -0.2) is 30.8 Å². The van der Waals surface area contributed by atoms with Gasteiger partial charge < -0.3 is 5.11 Å². The molecular formula is C11H12N4O3S. The first kappa shape index (κ1) is 13.3. The van der Waals surface area contributed by atoms with Crippen molar-refractivity contribution in [2.75, 3.05) is 0 Å². The first-order valence-corrected chi connectivity index (χ1v) is 6.57. The lowest BCUT2D eigenvalue weighted by Crippen LogP contribution is -2.16. The van der Waals surface area contributed by atoms with Crippen molar-refractivity contribution in [3.05, 3.63) is 40.1 Å². The Hall–Kier alpha value is -2.09. The molecule has 0 radical (unpaired) electrons. The number of hydrogen-bond donors (Lipinski definition) is 2. The van der Waals surface area contributed by atoms with Gasteiger partial charge in [0.2, 0.25) is 0 Å². The van der Waals surface area contributed by atoms with Crippen molar-refractivity contribution in [3.63, 3.8) is 0 Å². The zero-order chi connectivity index (χ0) is 13.8. The minimum atomic E-state index is -1.06. The van der Waals surface area contributed by atoms with E-state index in [1.165, 1.54) is 22.4 Å². The number of nitrogens with zero attached hydrogens (tertiary/aromatic N) is 3. The maximum absolute atomic E-state index is 11.4. The predicted octanol–water partition coefficient (Wildman–Crippen LogP) is 0.977. The number of carboxylic acid groups (broad SMARTS) is 1. The van der Waals surface area contributed by atoms with Crippen molar-refractivity contribution < 1.29 is 9.90 Å². The fourth-order valence-electron chi connectivity index (χ4n) is 1.51. The van der Waals surface area contributed by atoms with Crippen LogP contribution < -0.4 is 5.69 Å². The molecule has 2 heterocycles. The summed E-state index contributed by atoms with van der Waals surface area (Å²) in [4.78, 5) is 26.2. The Kier molecular flexibility index (Phi) is 4.00. The summed E-state index contributed by atoms with van der Waals surface area (Å²) in [5.74, 6) is -0.608. The SMILES string of the molecule is CCn1c(SCc2cccc(C(=O)O)n2)n[nH]c1=O. The van der Waals surface area contributed by atoms with Crippen LogP contribution in [0, 0.1) is 0 Å². The van der Waals surface area contributed by atoms with E-state index in [2.05, 4.69) is 15.2 Å². The highest BCUT2D eigenvalue weighted by Crippen LogP contribution is 2.18. The molecule has 0 aromatic carbocycles. The van der Waals surface area contributed by atoms with Crippen LogP contribution in [0.2, 0.25) is 0 Å². The maximum atomic E-state index is 11.4. The van der Waals surface area contributed by atoms with Gasteiger partial charge in [-0.25, -0.2) is 19.7 Å². The molecule has 7 nitrogen and oxygen atoms in total. The van der Waals surface area contributed by atoms with E-state index in [4.69, 9.17) is 5.11 Å². The largest absolute Gasteiger partial charge is 0.477 e. The van der Waals surface area contributed by atoms with Gasteiger partial charge in [-0.2, -0.15) is 0 Å². The minimum Gasteiger partial charge on any atom is -0.477 e. The van der Waals surface area contributed by atoms with Gasteiger partial charge in [-0.1, -0.05) is 17.8 Å². The van der Waals surface area contributed by atoms with Crippen LogP contribution in [0.15, 0.2) is 28.2 Å². The number of thioether (sulfide) groups is 1. The van der Waals surface area contributed by atoms with Gasteiger partial charge in [-0.05, 0) is 19.1 Å². The van der Waals surface area contributed by atoms with Gasteiger partial charge in [0.1, 0.15) is 5.69 Å². The van der Waals surface area contributed by atoms with E-state index in [1.807, 2.05) is 6.92 Å². The highest BCUT2D eigenvalue weighted by Gasteiger charge is 2.09. The van der Waals surface area contributed by atoms with Crippen molar-refractivity contribution in [1.82, 2.24) is 19.7 Å². The molecule has 0 amide bonds. The van der Waals surface area contributed by atoms with Crippen LogP contribution >= 0.6 is 11.8 Å². The average molecular weight is 280 g/mol. The molecule has 0 aliphatic rings. The first-order chi connectivity index (χ1) is 9.11. The van der Waals surface area contributed by atoms with Crippen LogP contribution in [0.1, 0.15) is 23.1 Å². The molecule has 2 rings (SSSR count). The minimum absolute atomic E-state index is 0.00742. The molecule has 2 N–H and O–H groups in total. The van der Waals surface area contributed by atoms with E-state index in [0.29, 0.717) is 23.1 Å².